The average molecular weight is 212 g/mol. The van der Waals surface area contributed by atoms with Crippen LogP contribution in [-0.2, 0) is 0 Å². The Morgan fingerprint density at radius 3 is 2.43 bits per heavy atom. The second kappa shape index (κ2) is 4.73. The van der Waals surface area contributed by atoms with Gasteiger partial charge in [-0.3, -0.25) is 0 Å². The molecule has 1 aromatic carbocycles. The number of alkyl halides is 1. The number of hydrogen-bond donors (Lipinski definition) is 0. The number of methoxy groups -OCH3 is 2. The minimum absolute atomic E-state index is 0.575. The normalized spacial score (nSPS) is 11.6. The molecule has 74 valence electrons. The van der Waals surface area contributed by atoms with Gasteiger partial charge in [0.1, 0.15) is 5.38 Å². The smallest absolute Gasteiger partial charge is 0.161 e. The van der Waals surface area contributed by atoms with Gasteiger partial charge in [0.15, 0.2) is 11.5 Å². The fourth-order valence-electron chi connectivity index (χ4n) is 1.08. The molecule has 0 bridgehead atoms. The van der Waals surface area contributed by atoms with Crippen molar-refractivity contribution in [1.82, 2.24) is 0 Å². The van der Waals surface area contributed by atoms with E-state index in [-0.39, 0.29) is 0 Å². The molecule has 0 radical (unpaired) electrons. The molecule has 1 rings (SSSR count). The van der Waals surface area contributed by atoms with E-state index >= 15 is 0 Å². The van der Waals surface area contributed by atoms with Crippen molar-refractivity contribution >= 4 is 11.6 Å². The van der Waals surface area contributed by atoms with Crippen LogP contribution in [0.1, 0.15) is 10.9 Å². The molecule has 0 aliphatic rings. The first kappa shape index (κ1) is 10.7. The molecule has 0 aliphatic heterocycles. The van der Waals surface area contributed by atoms with E-state index in [2.05, 4.69) is 0 Å². The Morgan fingerprint density at radius 1 is 1.29 bits per heavy atom. The van der Waals surface area contributed by atoms with Crippen LogP contribution in [0.3, 0.4) is 0 Å². The number of halogens is 1. The molecule has 0 spiro atoms. The Kier molecular flexibility index (Phi) is 3.61. The third-order valence-corrected chi connectivity index (χ3v) is 2.16. The van der Waals surface area contributed by atoms with Gasteiger partial charge in [-0.15, -0.1) is 11.6 Å². The van der Waals surface area contributed by atoms with Gasteiger partial charge >= 0.3 is 0 Å². The maximum absolute atomic E-state index is 8.62. The molecule has 0 amide bonds. The van der Waals surface area contributed by atoms with Crippen molar-refractivity contribution in [3.8, 4) is 17.6 Å². The summed E-state index contributed by atoms with van der Waals surface area (Å²) < 4.78 is 10.1. The summed E-state index contributed by atoms with van der Waals surface area (Å²) in [5.74, 6) is 1.20. The maximum Gasteiger partial charge on any atom is 0.161 e. The van der Waals surface area contributed by atoms with Gasteiger partial charge in [-0.2, -0.15) is 5.26 Å². The van der Waals surface area contributed by atoms with Crippen LogP contribution in [0, 0.1) is 11.3 Å². The first-order chi connectivity index (χ1) is 6.72. The van der Waals surface area contributed by atoms with E-state index in [1.54, 1.807) is 25.3 Å². The largest absolute Gasteiger partial charge is 0.493 e. The van der Waals surface area contributed by atoms with Gasteiger partial charge in [-0.05, 0) is 17.7 Å². The highest BCUT2D eigenvalue weighted by molar-refractivity contribution is 6.22. The third kappa shape index (κ3) is 2.09. The van der Waals surface area contributed by atoms with Gasteiger partial charge < -0.3 is 9.47 Å². The summed E-state index contributed by atoms with van der Waals surface area (Å²) in [6, 6.07) is 7.09. The van der Waals surface area contributed by atoms with E-state index in [0.717, 1.165) is 0 Å². The molecule has 3 nitrogen and oxygen atoms in total. The van der Waals surface area contributed by atoms with Gasteiger partial charge in [-0.1, -0.05) is 6.07 Å². The van der Waals surface area contributed by atoms with Gasteiger partial charge in [0.2, 0.25) is 0 Å². The van der Waals surface area contributed by atoms with E-state index in [9.17, 15) is 0 Å². The highest BCUT2D eigenvalue weighted by atomic mass is 35.5. The quantitative estimate of drug-likeness (QED) is 0.722. The van der Waals surface area contributed by atoms with E-state index in [4.69, 9.17) is 26.3 Å². The van der Waals surface area contributed by atoms with Crippen LogP contribution in [0.4, 0.5) is 0 Å². The van der Waals surface area contributed by atoms with E-state index in [1.807, 2.05) is 6.07 Å². The van der Waals surface area contributed by atoms with Crippen LogP contribution in [0.15, 0.2) is 18.2 Å². The van der Waals surface area contributed by atoms with Crippen LogP contribution in [0.25, 0.3) is 0 Å². The molecule has 1 aromatic rings. The van der Waals surface area contributed by atoms with Crippen molar-refractivity contribution in [2.24, 2.45) is 0 Å². The minimum Gasteiger partial charge on any atom is -0.493 e. The molecule has 0 saturated heterocycles. The number of benzene rings is 1. The molecule has 14 heavy (non-hydrogen) atoms. The fourth-order valence-corrected chi connectivity index (χ4v) is 1.22. The molecule has 0 fully saturated rings. The molecule has 0 aliphatic carbocycles. The Bertz CT molecular complexity index is 360. The molecule has 0 unspecified atom stereocenters. The molecule has 4 heteroatoms. The summed E-state index contributed by atoms with van der Waals surface area (Å²) in [6.07, 6.45) is 0. The highest BCUT2D eigenvalue weighted by Crippen LogP contribution is 2.31. The predicted molar refractivity (Wildman–Crippen MR) is 53.8 cm³/mol. The number of hydrogen-bond acceptors (Lipinski definition) is 3. The highest BCUT2D eigenvalue weighted by Gasteiger charge is 2.10. The zero-order valence-electron chi connectivity index (χ0n) is 7.95. The van der Waals surface area contributed by atoms with Crippen LogP contribution < -0.4 is 9.47 Å². The zero-order chi connectivity index (χ0) is 10.6. The first-order valence-electron chi connectivity index (χ1n) is 3.98. The van der Waals surface area contributed by atoms with Crippen molar-refractivity contribution in [2.45, 2.75) is 5.38 Å². The minimum atomic E-state index is -0.658. The van der Waals surface area contributed by atoms with E-state index < -0.39 is 5.38 Å². The molecule has 1 atom stereocenters. The van der Waals surface area contributed by atoms with Crippen LogP contribution in [-0.4, -0.2) is 14.2 Å². The number of rotatable bonds is 3. The monoisotopic (exact) mass is 211 g/mol. The summed E-state index contributed by atoms with van der Waals surface area (Å²) >= 11 is 5.76. The lowest BCUT2D eigenvalue weighted by Gasteiger charge is -2.09. The Balaban J connectivity index is 3.08. The third-order valence-electron chi connectivity index (χ3n) is 1.81. The zero-order valence-corrected chi connectivity index (χ0v) is 8.71. The van der Waals surface area contributed by atoms with Crippen molar-refractivity contribution < 1.29 is 9.47 Å². The lowest BCUT2D eigenvalue weighted by atomic mass is 10.1. The molecular formula is C10H10ClNO2. The predicted octanol–water partition coefficient (Wildman–Crippen LogP) is 2.51. The van der Waals surface area contributed by atoms with Crippen LogP contribution >= 0.6 is 11.6 Å². The van der Waals surface area contributed by atoms with Crippen LogP contribution in [0.2, 0.25) is 0 Å². The van der Waals surface area contributed by atoms with Crippen molar-refractivity contribution in [3.05, 3.63) is 23.8 Å². The topological polar surface area (TPSA) is 42.2 Å². The lowest BCUT2D eigenvalue weighted by Crippen LogP contribution is -1.93. The molecule has 0 saturated carbocycles. The van der Waals surface area contributed by atoms with E-state index in [1.165, 1.54) is 7.11 Å². The second-order valence-corrected chi connectivity index (χ2v) is 3.04. The lowest BCUT2D eigenvalue weighted by molar-refractivity contribution is 0.354. The van der Waals surface area contributed by atoms with Crippen molar-refractivity contribution in [3.63, 3.8) is 0 Å². The van der Waals surface area contributed by atoms with Gasteiger partial charge in [0.05, 0.1) is 20.3 Å². The first-order valence-corrected chi connectivity index (χ1v) is 4.42. The number of nitrogens with zero attached hydrogens (tertiary/aromatic N) is 1. The van der Waals surface area contributed by atoms with Gasteiger partial charge in [0.25, 0.3) is 0 Å². The van der Waals surface area contributed by atoms with Gasteiger partial charge in [0, 0.05) is 0 Å². The summed E-state index contributed by atoms with van der Waals surface area (Å²) in [5.41, 5.74) is 0.701. The fraction of sp³-hybridized carbons (Fsp3) is 0.300. The summed E-state index contributed by atoms with van der Waals surface area (Å²) in [5, 5.41) is 7.97. The number of ether oxygens (including phenoxy) is 2. The number of nitriles is 1. The molecule has 0 N–H and O–H groups in total. The van der Waals surface area contributed by atoms with Crippen molar-refractivity contribution in [2.75, 3.05) is 14.2 Å². The molecular weight excluding hydrogens is 202 g/mol. The van der Waals surface area contributed by atoms with Crippen molar-refractivity contribution in [1.29, 1.82) is 5.26 Å². The molecule has 0 aromatic heterocycles. The van der Waals surface area contributed by atoms with E-state index in [0.29, 0.717) is 17.1 Å². The summed E-state index contributed by atoms with van der Waals surface area (Å²) in [4.78, 5) is 0. The second-order valence-electron chi connectivity index (χ2n) is 2.61. The van der Waals surface area contributed by atoms with Crippen LogP contribution in [0.5, 0.6) is 11.5 Å². The maximum atomic E-state index is 8.62. The van der Waals surface area contributed by atoms with Gasteiger partial charge in [-0.25, -0.2) is 0 Å². The summed E-state index contributed by atoms with van der Waals surface area (Å²) in [7, 11) is 3.09. The summed E-state index contributed by atoms with van der Waals surface area (Å²) in [6.45, 7) is 0. The Hall–Kier alpha value is -1.40. The Labute approximate surface area is 87.8 Å². The Morgan fingerprint density at radius 2 is 1.93 bits per heavy atom. The average Bonchev–Trinajstić information content (AvgIpc) is 2.26. The SMILES string of the molecule is COc1ccc([C@H](Cl)C#N)cc1OC. The molecule has 0 heterocycles. The standard InChI is InChI=1S/C10H10ClNO2/c1-13-9-4-3-7(8(11)6-12)5-10(9)14-2/h3-5,8H,1-2H3/t8-/m1/s1.